The van der Waals surface area contributed by atoms with Gasteiger partial charge in [0.25, 0.3) is 0 Å². The van der Waals surface area contributed by atoms with Gasteiger partial charge in [0, 0.05) is 6.54 Å². The SMILES string of the molecule is Cc1cnc(C(C)NC(=S)NCC(C)C)o1. The quantitative estimate of drug-likeness (QED) is 0.791. The molecule has 0 amide bonds. The summed E-state index contributed by atoms with van der Waals surface area (Å²) in [5, 5.41) is 6.91. The summed E-state index contributed by atoms with van der Waals surface area (Å²) in [6.07, 6.45) is 1.71. The first-order chi connectivity index (χ1) is 7.49. The molecule has 0 aliphatic carbocycles. The number of rotatable bonds is 4. The van der Waals surface area contributed by atoms with Crippen molar-refractivity contribution in [3.63, 3.8) is 0 Å². The highest BCUT2D eigenvalue weighted by Crippen LogP contribution is 2.11. The number of aryl methyl sites for hydroxylation is 1. The van der Waals surface area contributed by atoms with E-state index in [2.05, 4.69) is 29.5 Å². The van der Waals surface area contributed by atoms with Crippen LogP contribution in [0.4, 0.5) is 0 Å². The third-order valence-corrected chi connectivity index (χ3v) is 2.29. The Balaban J connectivity index is 2.39. The van der Waals surface area contributed by atoms with E-state index in [4.69, 9.17) is 16.6 Å². The van der Waals surface area contributed by atoms with Crippen molar-refractivity contribution in [2.75, 3.05) is 6.54 Å². The predicted molar refractivity (Wildman–Crippen MR) is 68.2 cm³/mol. The molecular weight excluding hydrogens is 222 g/mol. The van der Waals surface area contributed by atoms with Crippen LogP contribution in [-0.2, 0) is 0 Å². The van der Waals surface area contributed by atoms with Crippen LogP contribution in [0.1, 0.15) is 38.5 Å². The normalized spacial score (nSPS) is 12.6. The summed E-state index contributed by atoms with van der Waals surface area (Å²) >= 11 is 5.16. The first-order valence-electron chi connectivity index (χ1n) is 5.45. The van der Waals surface area contributed by atoms with Crippen molar-refractivity contribution in [2.45, 2.75) is 33.7 Å². The van der Waals surface area contributed by atoms with E-state index in [-0.39, 0.29) is 6.04 Å². The molecule has 4 nitrogen and oxygen atoms in total. The van der Waals surface area contributed by atoms with Crippen LogP contribution in [0.5, 0.6) is 0 Å². The summed E-state index contributed by atoms with van der Waals surface area (Å²) < 4.78 is 5.41. The number of thiocarbonyl (C=S) groups is 1. The smallest absolute Gasteiger partial charge is 0.216 e. The highest BCUT2D eigenvalue weighted by Gasteiger charge is 2.12. The van der Waals surface area contributed by atoms with E-state index in [0.29, 0.717) is 16.9 Å². The molecule has 0 saturated heterocycles. The fraction of sp³-hybridized carbons (Fsp3) is 0.636. The van der Waals surface area contributed by atoms with Crippen molar-refractivity contribution in [3.8, 4) is 0 Å². The highest BCUT2D eigenvalue weighted by atomic mass is 32.1. The number of nitrogens with one attached hydrogen (secondary N) is 2. The van der Waals surface area contributed by atoms with Crippen molar-refractivity contribution in [1.29, 1.82) is 0 Å². The summed E-state index contributed by atoms with van der Waals surface area (Å²) in [7, 11) is 0. The lowest BCUT2D eigenvalue weighted by Crippen LogP contribution is -2.38. The van der Waals surface area contributed by atoms with Gasteiger partial charge in [0.2, 0.25) is 5.89 Å². The van der Waals surface area contributed by atoms with Crippen molar-refractivity contribution in [2.24, 2.45) is 5.92 Å². The van der Waals surface area contributed by atoms with Crippen LogP contribution in [-0.4, -0.2) is 16.6 Å². The molecule has 0 aliphatic heterocycles. The molecule has 0 aromatic carbocycles. The molecule has 1 atom stereocenters. The molecule has 1 unspecified atom stereocenters. The minimum absolute atomic E-state index is 0.0131. The van der Waals surface area contributed by atoms with E-state index in [1.165, 1.54) is 0 Å². The minimum atomic E-state index is -0.0131. The Morgan fingerprint density at radius 1 is 1.50 bits per heavy atom. The maximum absolute atomic E-state index is 5.41. The molecule has 1 heterocycles. The molecule has 1 aromatic heterocycles. The van der Waals surface area contributed by atoms with Crippen LogP contribution >= 0.6 is 12.2 Å². The van der Waals surface area contributed by atoms with Crippen LogP contribution in [0.25, 0.3) is 0 Å². The molecule has 90 valence electrons. The molecule has 5 heteroatoms. The third-order valence-electron chi connectivity index (χ3n) is 2.03. The highest BCUT2D eigenvalue weighted by molar-refractivity contribution is 7.80. The molecule has 0 aliphatic rings. The fourth-order valence-electron chi connectivity index (χ4n) is 1.18. The van der Waals surface area contributed by atoms with Gasteiger partial charge in [0.05, 0.1) is 6.20 Å². The second-order valence-corrected chi connectivity index (χ2v) is 4.69. The lowest BCUT2D eigenvalue weighted by Gasteiger charge is -2.15. The molecule has 0 bridgehead atoms. The van der Waals surface area contributed by atoms with E-state index in [1.54, 1.807) is 6.20 Å². The van der Waals surface area contributed by atoms with Gasteiger partial charge in [0.1, 0.15) is 11.8 Å². The molecule has 0 radical (unpaired) electrons. The zero-order chi connectivity index (χ0) is 12.1. The average molecular weight is 241 g/mol. The molecule has 2 N–H and O–H groups in total. The van der Waals surface area contributed by atoms with Crippen molar-refractivity contribution in [3.05, 3.63) is 17.8 Å². The lowest BCUT2D eigenvalue weighted by atomic mass is 10.2. The van der Waals surface area contributed by atoms with Gasteiger partial charge in [-0.05, 0) is 32.0 Å². The van der Waals surface area contributed by atoms with E-state index in [1.807, 2.05) is 13.8 Å². The molecule has 0 spiro atoms. The van der Waals surface area contributed by atoms with Gasteiger partial charge in [0.15, 0.2) is 5.11 Å². The molecular formula is C11H19N3OS. The van der Waals surface area contributed by atoms with E-state index in [0.717, 1.165) is 12.3 Å². The Kier molecular flexibility index (Phi) is 4.73. The Hall–Kier alpha value is -1.10. The topological polar surface area (TPSA) is 50.1 Å². The lowest BCUT2D eigenvalue weighted by molar-refractivity contribution is 0.428. The van der Waals surface area contributed by atoms with Crippen LogP contribution in [0.3, 0.4) is 0 Å². The standard InChI is InChI=1S/C11H19N3OS/c1-7(2)5-13-11(16)14-9(4)10-12-6-8(3)15-10/h6-7,9H,5H2,1-4H3,(H2,13,14,16). The second-order valence-electron chi connectivity index (χ2n) is 4.28. The summed E-state index contributed by atoms with van der Waals surface area (Å²) in [4.78, 5) is 4.15. The Bertz CT molecular complexity index is 349. The number of nitrogens with zero attached hydrogens (tertiary/aromatic N) is 1. The first-order valence-corrected chi connectivity index (χ1v) is 5.86. The van der Waals surface area contributed by atoms with Crippen LogP contribution in [0.2, 0.25) is 0 Å². The van der Waals surface area contributed by atoms with Crippen LogP contribution in [0.15, 0.2) is 10.6 Å². The predicted octanol–water partition coefficient (Wildman–Crippen LogP) is 2.16. The van der Waals surface area contributed by atoms with Gasteiger partial charge < -0.3 is 15.1 Å². The Morgan fingerprint density at radius 3 is 2.69 bits per heavy atom. The fourth-order valence-corrected chi connectivity index (χ4v) is 1.44. The van der Waals surface area contributed by atoms with Gasteiger partial charge in [-0.25, -0.2) is 4.98 Å². The molecule has 1 rings (SSSR count). The van der Waals surface area contributed by atoms with E-state index >= 15 is 0 Å². The zero-order valence-electron chi connectivity index (χ0n) is 10.2. The summed E-state index contributed by atoms with van der Waals surface area (Å²) in [5.41, 5.74) is 0. The van der Waals surface area contributed by atoms with Crippen LogP contribution < -0.4 is 10.6 Å². The van der Waals surface area contributed by atoms with E-state index < -0.39 is 0 Å². The Labute approximate surface area is 102 Å². The first kappa shape index (κ1) is 13.0. The second kappa shape index (κ2) is 5.84. The summed E-state index contributed by atoms with van der Waals surface area (Å²) in [6.45, 7) is 8.98. The monoisotopic (exact) mass is 241 g/mol. The minimum Gasteiger partial charge on any atom is -0.444 e. The van der Waals surface area contributed by atoms with Gasteiger partial charge >= 0.3 is 0 Å². The number of hydrogen-bond acceptors (Lipinski definition) is 3. The van der Waals surface area contributed by atoms with Crippen molar-refractivity contribution >= 4 is 17.3 Å². The van der Waals surface area contributed by atoms with Crippen molar-refractivity contribution in [1.82, 2.24) is 15.6 Å². The molecule has 1 aromatic rings. The summed E-state index contributed by atoms with van der Waals surface area (Å²) in [5.74, 6) is 2.04. The van der Waals surface area contributed by atoms with Crippen LogP contribution in [0, 0.1) is 12.8 Å². The zero-order valence-corrected chi connectivity index (χ0v) is 11.0. The average Bonchev–Trinajstić information content (AvgIpc) is 2.62. The van der Waals surface area contributed by atoms with Gasteiger partial charge in [-0.3, -0.25) is 0 Å². The number of oxazole rings is 1. The van der Waals surface area contributed by atoms with Crippen molar-refractivity contribution < 1.29 is 4.42 Å². The maximum atomic E-state index is 5.41. The Morgan fingerprint density at radius 2 is 2.19 bits per heavy atom. The molecule has 0 saturated carbocycles. The summed E-state index contributed by atoms with van der Waals surface area (Å²) in [6, 6.07) is -0.0131. The van der Waals surface area contributed by atoms with Gasteiger partial charge in [-0.2, -0.15) is 0 Å². The molecule has 0 fully saturated rings. The number of hydrogen-bond donors (Lipinski definition) is 2. The third kappa shape index (κ3) is 4.18. The largest absolute Gasteiger partial charge is 0.444 e. The number of aromatic nitrogens is 1. The maximum Gasteiger partial charge on any atom is 0.216 e. The van der Waals surface area contributed by atoms with E-state index in [9.17, 15) is 0 Å². The van der Waals surface area contributed by atoms with Gasteiger partial charge in [-0.15, -0.1) is 0 Å². The molecule has 16 heavy (non-hydrogen) atoms. The van der Waals surface area contributed by atoms with Gasteiger partial charge in [-0.1, -0.05) is 13.8 Å².